The van der Waals surface area contributed by atoms with E-state index in [2.05, 4.69) is 5.32 Å². The van der Waals surface area contributed by atoms with Gasteiger partial charge in [-0.05, 0) is 56.6 Å². The summed E-state index contributed by atoms with van der Waals surface area (Å²) < 4.78 is 27.6. The molecule has 1 aromatic carbocycles. The molecule has 1 amide bonds. The lowest BCUT2D eigenvalue weighted by Crippen LogP contribution is -2.41. The molecule has 1 atom stereocenters. The zero-order valence-corrected chi connectivity index (χ0v) is 17.1. The van der Waals surface area contributed by atoms with Crippen LogP contribution in [0.4, 0.5) is 0 Å². The molecule has 0 bridgehead atoms. The predicted octanol–water partition coefficient (Wildman–Crippen LogP) is 3.62. The Hall–Kier alpha value is -1.40. The molecule has 1 heterocycles. The van der Waals surface area contributed by atoms with E-state index < -0.39 is 10.0 Å². The van der Waals surface area contributed by atoms with Crippen molar-refractivity contribution in [1.29, 1.82) is 0 Å². The van der Waals surface area contributed by atoms with Crippen molar-refractivity contribution in [2.75, 3.05) is 13.1 Å². The SMILES string of the molecule is Cc1ccccc1S(=O)(=O)N1CCCC(CCC(=O)NC2CCCCC2)C1. The predicted molar refractivity (Wildman–Crippen MR) is 107 cm³/mol. The molecule has 1 saturated heterocycles. The highest BCUT2D eigenvalue weighted by Gasteiger charge is 2.31. The molecule has 5 nitrogen and oxygen atoms in total. The number of aryl methyl sites for hydroxylation is 1. The van der Waals surface area contributed by atoms with E-state index >= 15 is 0 Å². The van der Waals surface area contributed by atoms with Gasteiger partial charge in [0.2, 0.25) is 15.9 Å². The summed E-state index contributed by atoms with van der Waals surface area (Å²) in [5.74, 6) is 0.385. The third-order valence-corrected chi connectivity index (χ3v) is 7.97. The summed E-state index contributed by atoms with van der Waals surface area (Å²) in [6.07, 6.45) is 9.00. The highest BCUT2D eigenvalue weighted by Crippen LogP contribution is 2.27. The number of carbonyl (C=O) groups is 1. The fraction of sp³-hybridized carbons (Fsp3) is 0.667. The summed E-state index contributed by atoms with van der Waals surface area (Å²) in [4.78, 5) is 12.7. The Morgan fingerprint density at radius 1 is 1.11 bits per heavy atom. The molecule has 0 aromatic heterocycles. The van der Waals surface area contributed by atoms with Crippen molar-refractivity contribution < 1.29 is 13.2 Å². The van der Waals surface area contributed by atoms with Crippen LogP contribution in [0.15, 0.2) is 29.2 Å². The quantitative estimate of drug-likeness (QED) is 0.804. The normalized spacial score (nSPS) is 22.5. The second-order valence-corrected chi connectivity index (χ2v) is 9.98. The Labute approximate surface area is 163 Å². The molecule has 0 radical (unpaired) electrons. The van der Waals surface area contributed by atoms with Gasteiger partial charge in [0.25, 0.3) is 0 Å². The fourth-order valence-electron chi connectivity index (χ4n) is 4.35. The first kappa shape index (κ1) is 20.3. The number of amides is 1. The summed E-state index contributed by atoms with van der Waals surface area (Å²) >= 11 is 0. The minimum atomic E-state index is -3.45. The third-order valence-electron chi connectivity index (χ3n) is 5.94. The van der Waals surface area contributed by atoms with Crippen molar-refractivity contribution in [3.05, 3.63) is 29.8 Å². The minimum absolute atomic E-state index is 0.126. The Morgan fingerprint density at radius 3 is 2.59 bits per heavy atom. The first-order valence-corrected chi connectivity index (χ1v) is 11.8. The van der Waals surface area contributed by atoms with Crippen LogP contribution in [-0.4, -0.2) is 37.8 Å². The van der Waals surface area contributed by atoms with E-state index in [1.54, 1.807) is 16.4 Å². The number of rotatable bonds is 6. The van der Waals surface area contributed by atoms with Gasteiger partial charge >= 0.3 is 0 Å². The van der Waals surface area contributed by atoms with E-state index in [1.807, 2.05) is 19.1 Å². The van der Waals surface area contributed by atoms with Gasteiger partial charge in [0, 0.05) is 25.6 Å². The summed E-state index contributed by atoms with van der Waals surface area (Å²) in [7, 11) is -3.45. The average Bonchev–Trinajstić information content (AvgIpc) is 2.68. The maximum atomic E-state index is 13.0. The van der Waals surface area contributed by atoms with Crippen LogP contribution in [0.25, 0.3) is 0 Å². The Bertz CT molecular complexity index is 742. The maximum absolute atomic E-state index is 13.0. The molecular weight excluding hydrogens is 360 g/mol. The zero-order valence-electron chi connectivity index (χ0n) is 16.3. The van der Waals surface area contributed by atoms with Crippen LogP contribution in [0.5, 0.6) is 0 Å². The lowest BCUT2D eigenvalue weighted by molar-refractivity contribution is -0.122. The monoisotopic (exact) mass is 392 g/mol. The maximum Gasteiger partial charge on any atom is 0.243 e. The molecule has 1 aromatic rings. The molecule has 27 heavy (non-hydrogen) atoms. The third kappa shape index (κ3) is 5.32. The first-order chi connectivity index (χ1) is 13.0. The summed E-state index contributed by atoms with van der Waals surface area (Å²) in [6.45, 7) is 2.93. The topological polar surface area (TPSA) is 66.5 Å². The fourth-order valence-corrected chi connectivity index (χ4v) is 6.13. The van der Waals surface area contributed by atoms with Gasteiger partial charge in [-0.3, -0.25) is 4.79 Å². The molecule has 2 aliphatic rings. The zero-order chi connectivity index (χ0) is 19.3. The van der Waals surface area contributed by atoms with Crippen molar-refractivity contribution in [3.8, 4) is 0 Å². The first-order valence-electron chi connectivity index (χ1n) is 10.3. The molecule has 0 spiro atoms. The van der Waals surface area contributed by atoms with E-state index in [0.29, 0.717) is 30.4 Å². The van der Waals surface area contributed by atoms with Crippen LogP contribution in [0.1, 0.15) is 63.4 Å². The van der Waals surface area contributed by atoms with Gasteiger partial charge < -0.3 is 5.32 Å². The highest BCUT2D eigenvalue weighted by atomic mass is 32.2. The van der Waals surface area contributed by atoms with Crippen LogP contribution < -0.4 is 5.32 Å². The minimum Gasteiger partial charge on any atom is -0.353 e. The molecule has 1 N–H and O–H groups in total. The number of hydrogen-bond acceptors (Lipinski definition) is 3. The van der Waals surface area contributed by atoms with Gasteiger partial charge in [0.1, 0.15) is 0 Å². The van der Waals surface area contributed by atoms with Crippen LogP contribution in [0.2, 0.25) is 0 Å². The molecule has 150 valence electrons. The molecular formula is C21H32N2O3S. The van der Waals surface area contributed by atoms with Crippen molar-refractivity contribution in [2.24, 2.45) is 5.92 Å². The van der Waals surface area contributed by atoms with Gasteiger partial charge in [-0.15, -0.1) is 0 Å². The van der Waals surface area contributed by atoms with Gasteiger partial charge in [-0.25, -0.2) is 8.42 Å². The van der Waals surface area contributed by atoms with E-state index in [4.69, 9.17) is 0 Å². The van der Waals surface area contributed by atoms with Crippen LogP contribution in [-0.2, 0) is 14.8 Å². The lowest BCUT2D eigenvalue weighted by Gasteiger charge is -2.32. The number of sulfonamides is 1. The number of carbonyl (C=O) groups excluding carboxylic acids is 1. The number of nitrogens with one attached hydrogen (secondary N) is 1. The molecule has 1 aliphatic carbocycles. The molecule has 1 unspecified atom stereocenters. The number of hydrogen-bond donors (Lipinski definition) is 1. The molecule has 3 rings (SSSR count). The molecule has 6 heteroatoms. The van der Waals surface area contributed by atoms with E-state index in [0.717, 1.165) is 37.7 Å². The van der Waals surface area contributed by atoms with Gasteiger partial charge in [-0.1, -0.05) is 37.5 Å². The van der Waals surface area contributed by atoms with Crippen molar-refractivity contribution >= 4 is 15.9 Å². The Kier molecular flexibility index (Phi) is 6.93. The highest BCUT2D eigenvalue weighted by molar-refractivity contribution is 7.89. The number of benzene rings is 1. The second kappa shape index (κ2) is 9.20. The van der Waals surface area contributed by atoms with Crippen molar-refractivity contribution in [1.82, 2.24) is 9.62 Å². The lowest BCUT2D eigenvalue weighted by atomic mass is 9.93. The summed E-state index contributed by atoms with van der Waals surface area (Å²) in [5.41, 5.74) is 0.784. The molecule has 2 fully saturated rings. The van der Waals surface area contributed by atoms with Gasteiger partial charge in [0.05, 0.1) is 4.90 Å². The second-order valence-electron chi connectivity index (χ2n) is 8.08. The van der Waals surface area contributed by atoms with Crippen LogP contribution >= 0.6 is 0 Å². The largest absolute Gasteiger partial charge is 0.353 e. The van der Waals surface area contributed by atoms with Gasteiger partial charge in [0.15, 0.2) is 0 Å². The van der Waals surface area contributed by atoms with Gasteiger partial charge in [-0.2, -0.15) is 4.31 Å². The summed E-state index contributed by atoms with van der Waals surface area (Å²) in [6, 6.07) is 7.50. The summed E-state index contributed by atoms with van der Waals surface area (Å²) in [5, 5.41) is 3.16. The van der Waals surface area contributed by atoms with Crippen LogP contribution in [0, 0.1) is 12.8 Å². The van der Waals surface area contributed by atoms with E-state index in [9.17, 15) is 13.2 Å². The standard InChI is InChI=1S/C21H32N2O3S/c1-17-8-5-6-12-20(17)27(25,26)23-15-7-9-18(16-23)13-14-21(24)22-19-10-3-2-4-11-19/h5-6,8,12,18-19H,2-4,7,9-11,13-16H2,1H3,(H,22,24). The number of nitrogens with zero attached hydrogens (tertiary/aromatic N) is 1. The number of piperidine rings is 1. The van der Waals surface area contributed by atoms with Crippen molar-refractivity contribution in [2.45, 2.75) is 75.6 Å². The molecule has 1 saturated carbocycles. The smallest absolute Gasteiger partial charge is 0.243 e. The Morgan fingerprint density at radius 2 is 1.85 bits per heavy atom. The average molecular weight is 393 g/mol. The van der Waals surface area contributed by atoms with Crippen LogP contribution in [0.3, 0.4) is 0 Å². The van der Waals surface area contributed by atoms with E-state index in [-0.39, 0.29) is 11.8 Å². The van der Waals surface area contributed by atoms with E-state index in [1.165, 1.54) is 19.3 Å². The van der Waals surface area contributed by atoms with Crippen molar-refractivity contribution in [3.63, 3.8) is 0 Å². The Balaban J connectivity index is 1.53. The molecule has 1 aliphatic heterocycles.